The molecule has 2 unspecified atom stereocenters. The maximum absolute atomic E-state index is 5.55. The van der Waals surface area contributed by atoms with Crippen molar-refractivity contribution >= 4 is 22.6 Å². The zero-order valence-electron chi connectivity index (χ0n) is 11.1. The summed E-state index contributed by atoms with van der Waals surface area (Å²) in [7, 11) is 0. The Labute approximate surface area is 120 Å². The number of rotatable bonds is 5. The van der Waals surface area contributed by atoms with E-state index in [1.165, 1.54) is 0 Å². The topological polar surface area (TPSA) is 0 Å². The Morgan fingerprint density at radius 3 is 2.47 bits per heavy atom. The Balaban J connectivity index is 2.90. The molecule has 0 fully saturated rings. The van der Waals surface area contributed by atoms with Crippen molar-refractivity contribution in [1.29, 1.82) is 0 Å². The van der Waals surface area contributed by atoms with Crippen LogP contribution in [0.3, 0.4) is 0 Å². The molecule has 17 heavy (non-hydrogen) atoms. The quantitative estimate of drug-likeness (QED) is 0.310. The zero-order chi connectivity index (χ0) is 12.9. The lowest BCUT2D eigenvalue weighted by Crippen LogP contribution is -2.56. The number of hydrogen-bond acceptors (Lipinski definition) is 0. The van der Waals surface area contributed by atoms with E-state index in [4.69, 9.17) is 6.42 Å². The van der Waals surface area contributed by atoms with Crippen molar-refractivity contribution in [3.8, 4) is 12.3 Å². The van der Waals surface area contributed by atoms with Crippen molar-refractivity contribution in [1.82, 2.24) is 0 Å². The van der Waals surface area contributed by atoms with Crippen LogP contribution in [0.2, 0.25) is 0 Å². The number of nitrogens with zero attached hydrogens (tertiary/aromatic N) is 1. The van der Waals surface area contributed by atoms with Crippen molar-refractivity contribution in [2.75, 3.05) is 26.2 Å². The highest BCUT2D eigenvalue weighted by Crippen LogP contribution is 2.36. The molecule has 0 spiro atoms. The van der Waals surface area contributed by atoms with E-state index in [0.717, 1.165) is 30.7 Å². The van der Waals surface area contributed by atoms with Gasteiger partial charge >= 0.3 is 0 Å². The van der Waals surface area contributed by atoms with Crippen LogP contribution >= 0.6 is 22.6 Å². The molecule has 0 amide bonds. The summed E-state index contributed by atoms with van der Waals surface area (Å²) >= 11 is 2.61. The number of quaternary nitrogens is 1. The van der Waals surface area contributed by atoms with Crippen LogP contribution in [0.4, 0.5) is 0 Å². The van der Waals surface area contributed by atoms with E-state index in [1.807, 2.05) is 0 Å². The summed E-state index contributed by atoms with van der Waals surface area (Å²) in [4.78, 5) is 0. The van der Waals surface area contributed by atoms with E-state index in [1.54, 1.807) is 0 Å². The number of alkyl halides is 1. The SMILES string of the molecule is C#CC[N+](CC)(CC)CC1(I)C=CC=CC1C. The van der Waals surface area contributed by atoms with Gasteiger partial charge in [0.15, 0.2) is 0 Å². The first kappa shape index (κ1) is 14.8. The highest BCUT2D eigenvalue weighted by Gasteiger charge is 2.39. The van der Waals surface area contributed by atoms with E-state index in [0.29, 0.717) is 5.92 Å². The van der Waals surface area contributed by atoms with Crippen molar-refractivity contribution in [3.05, 3.63) is 24.3 Å². The number of terminal acetylenes is 1. The first-order valence-electron chi connectivity index (χ1n) is 6.35. The lowest BCUT2D eigenvalue weighted by Gasteiger charge is -2.43. The maximum atomic E-state index is 5.55. The van der Waals surface area contributed by atoms with Gasteiger partial charge in [0.1, 0.15) is 6.54 Å². The molecule has 0 aromatic rings. The minimum Gasteiger partial charge on any atom is -0.313 e. The van der Waals surface area contributed by atoms with E-state index >= 15 is 0 Å². The van der Waals surface area contributed by atoms with Gasteiger partial charge in [0, 0.05) is 0 Å². The first-order chi connectivity index (χ1) is 8.02. The second-order valence-electron chi connectivity index (χ2n) is 4.95. The molecule has 0 saturated carbocycles. The lowest BCUT2D eigenvalue weighted by atomic mass is 9.88. The summed E-state index contributed by atoms with van der Waals surface area (Å²) in [5.74, 6) is 3.43. The highest BCUT2D eigenvalue weighted by atomic mass is 127. The summed E-state index contributed by atoms with van der Waals surface area (Å²) in [5.41, 5.74) is 0. The monoisotopic (exact) mass is 344 g/mol. The Morgan fingerprint density at radius 2 is 2.00 bits per heavy atom. The van der Waals surface area contributed by atoms with E-state index in [9.17, 15) is 0 Å². The molecule has 94 valence electrons. The molecule has 1 aliphatic rings. The van der Waals surface area contributed by atoms with Gasteiger partial charge in [-0.15, -0.1) is 6.42 Å². The van der Waals surface area contributed by atoms with E-state index in [2.05, 4.69) is 73.6 Å². The van der Waals surface area contributed by atoms with Crippen LogP contribution < -0.4 is 0 Å². The number of allylic oxidation sites excluding steroid dienone is 3. The summed E-state index contributed by atoms with van der Waals surface area (Å²) in [5, 5.41) is 0. The van der Waals surface area contributed by atoms with Crippen LogP contribution in [0.1, 0.15) is 20.8 Å². The molecule has 2 heteroatoms. The van der Waals surface area contributed by atoms with Crippen LogP contribution in [-0.2, 0) is 0 Å². The molecule has 0 N–H and O–H groups in total. The van der Waals surface area contributed by atoms with Gasteiger partial charge in [-0.05, 0) is 25.7 Å². The lowest BCUT2D eigenvalue weighted by molar-refractivity contribution is -0.919. The van der Waals surface area contributed by atoms with Gasteiger partial charge in [-0.25, -0.2) is 0 Å². The Bertz CT molecular complexity index is 346. The molecule has 1 aliphatic carbocycles. The molecule has 0 aliphatic heterocycles. The fourth-order valence-corrected chi connectivity index (χ4v) is 3.53. The number of hydrogen-bond donors (Lipinski definition) is 0. The molecule has 2 atom stereocenters. The molecule has 0 radical (unpaired) electrons. The predicted molar refractivity (Wildman–Crippen MR) is 84.1 cm³/mol. The minimum absolute atomic E-state index is 0.204. The average Bonchev–Trinajstić information content (AvgIpc) is 2.33. The Morgan fingerprint density at radius 1 is 1.35 bits per heavy atom. The molecule has 0 saturated heterocycles. The third-order valence-electron chi connectivity index (χ3n) is 3.99. The van der Waals surface area contributed by atoms with Crippen LogP contribution in [0.25, 0.3) is 0 Å². The summed E-state index contributed by atoms with van der Waals surface area (Å²) in [6.07, 6.45) is 14.5. The third kappa shape index (κ3) is 3.35. The molecular weight excluding hydrogens is 321 g/mol. The van der Waals surface area contributed by atoms with Crippen LogP contribution in [0.5, 0.6) is 0 Å². The van der Waals surface area contributed by atoms with Gasteiger partial charge in [0.05, 0.1) is 23.1 Å². The van der Waals surface area contributed by atoms with Gasteiger partial charge < -0.3 is 4.48 Å². The average molecular weight is 344 g/mol. The van der Waals surface area contributed by atoms with E-state index in [-0.39, 0.29) is 3.42 Å². The smallest absolute Gasteiger partial charge is 0.140 e. The van der Waals surface area contributed by atoms with Crippen molar-refractivity contribution in [2.24, 2.45) is 5.92 Å². The third-order valence-corrected chi connectivity index (χ3v) is 5.67. The normalized spacial score (nSPS) is 28.1. The van der Waals surface area contributed by atoms with E-state index < -0.39 is 0 Å². The fraction of sp³-hybridized carbons (Fsp3) is 0.600. The standard InChI is InChI=1S/C15H23IN/c1-5-12-17(6-2,7-3)13-15(16)11-9-8-10-14(15)4/h1,8-11,14H,6-7,12-13H2,2-4H3/q+1. The molecule has 0 bridgehead atoms. The fourth-order valence-electron chi connectivity index (χ4n) is 2.39. The summed E-state index contributed by atoms with van der Waals surface area (Å²) in [6.45, 7) is 10.9. The molecular formula is C15H23IN+. The number of halogens is 1. The molecule has 1 nitrogen and oxygen atoms in total. The highest BCUT2D eigenvalue weighted by molar-refractivity contribution is 14.1. The molecule has 0 aromatic heterocycles. The van der Waals surface area contributed by atoms with Gasteiger partial charge in [0.25, 0.3) is 0 Å². The van der Waals surface area contributed by atoms with Crippen LogP contribution in [0.15, 0.2) is 24.3 Å². The van der Waals surface area contributed by atoms with Crippen LogP contribution in [-0.4, -0.2) is 34.1 Å². The summed E-state index contributed by atoms with van der Waals surface area (Å²) in [6, 6.07) is 0. The largest absolute Gasteiger partial charge is 0.313 e. The first-order valence-corrected chi connectivity index (χ1v) is 7.43. The summed E-state index contributed by atoms with van der Waals surface area (Å²) < 4.78 is 1.22. The van der Waals surface area contributed by atoms with Gasteiger partial charge in [0.2, 0.25) is 0 Å². The second kappa shape index (κ2) is 6.06. The molecule has 0 aromatic carbocycles. The van der Waals surface area contributed by atoms with Crippen molar-refractivity contribution < 1.29 is 4.48 Å². The maximum Gasteiger partial charge on any atom is 0.140 e. The Kier molecular flexibility index (Phi) is 5.27. The van der Waals surface area contributed by atoms with Crippen molar-refractivity contribution in [3.63, 3.8) is 0 Å². The minimum atomic E-state index is 0.204. The van der Waals surface area contributed by atoms with Crippen molar-refractivity contribution in [2.45, 2.75) is 24.2 Å². The van der Waals surface area contributed by atoms with Gasteiger partial charge in [-0.3, -0.25) is 0 Å². The molecule has 0 heterocycles. The second-order valence-corrected chi connectivity index (χ2v) is 6.96. The molecule has 1 rings (SSSR count). The van der Waals surface area contributed by atoms with Crippen LogP contribution in [0, 0.1) is 18.3 Å². The zero-order valence-corrected chi connectivity index (χ0v) is 13.3. The van der Waals surface area contributed by atoms with Gasteiger partial charge in [-0.2, -0.15) is 0 Å². The predicted octanol–water partition coefficient (Wildman–Crippen LogP) is 3.41. The van der Waals surface area contributed by atoms with Gasteiger partial charge in [-0.1, -0.05) is 53.8 Å². The Hall–Kier alpha value is -0.270.